The molecule has 0 saturated heterocycles. The quantitative estimate of drug-likeness (QED) is 0.853. The van der Waals surface area contributed by atoms with Crippen molar-refractivity contribution in [3.8, 4) is 0 Å². The first-order valence-corrected chi connectivity index (χ1v) is 7.71. The van der Waals surface area contributed by atoms with Gasteiger partial charge in [-0.15, -0.1) is 22.7 Å². The van der Waals surface area contributed by atoms with Gasteiger partial charge in [0.05, 0.1) is 6.04 Å². The Bertz CT molecular complexity index is 472. The van der Waals surface area contributed by atoms with Gasteiger partial charge in [0, 0.05) is 19.1 Å². The van der Waals surface area contributed by atoms with Gasteiger partial charge >= 0.3 is 0 Å². The Balaban J connectivity index is 2.27. The van der Waals surface area contributed by atoms with Crippen molar-refractivity contribution in [2.24, 2.45) is 5.73 Å². The summed E-state index contributed by atoms with van der Waals surface area (Å²) in [5.74, 6) is 0. The standard InChI is InChI=1S/C11H11BrClNS2/c1-2-6-3-4-8(15-6)10(14)9-5-7(12)11(13)16-9/h3-5,10H,2,14H2,1H3. The predicted molar refractivity (Wildman–Crippen MR) is 76.8 cm³/mol. The molecule has 0 aliphatic carbocycles. The van der Waals surface area contributed by atoms with E-state index in [1.807, 2.05) is 6.07 Å². The highest BCUT2D eigenvalue weighted by molar-refractivity contribution is 9.10. The highest BCUT2D eigenvalue weighted by atomic mass is 79.9. The van der Waals surface area contributed by atoms with Crippen LogP contribution in [0.4, 0.5) is 0 Å². The summed E-state index contributed by atoms with van der Waals surface area (Å²) in [6.07, 6.45) is 1.06. The van der Waals surface area contributed by atoms with Crippen LogP contribution >= 0.6 is 50.2 Å². The zero-order valence-corrected chi connectivity index (χ0v) is 12.6. The van der Waals surface area contributed by atoms with E-state index in [1.165, 1.54) is 21.1 Å². The highest BCUT2D eigenvalue weighted by Crippen LogP contribution is 2.37. The first kappa shape index (κ1) is 12.6. The summed E-state index contributed by atoms with van der Waals surface area (Å²) >= 11 is 12.7. The Morgan fingerprint density at radius 3 is 2.62 bits per heavy atom. The lowest BCUT2D eigenvalue weighted by Gasteiger charge is -2.05. The average Bonchev–Trinajstić information content (AvgIpc) is 2.86. The van der Waals surface area contributed by atoms with E-state index in [4.69, 9.17) is 17.3 Å². The van der Waals surface area contributed by atoms with Crippen LogP contribution < -0.4 is 5.73 Å². The van der Waals surface area contributed by atoms with Crippen molar-refractivity contribution < 1.29 is 0 Å². The summed E-state index contributed by atoms with van der Waals surface area (Å²) in [7, 11) is 0. The molecule has 2 N–H and O–H groups in total. The normalized spacial score (nSPS) is 13.0. The maximum atomic E-state index is 6.21. The largest absolute Gasteiger partial charge is 0.319 e. The van der Waals surface area contributed by atoms with Crippen LogP contribution in [0.2, 0.25) is 4.34 Å². The first-order chi connectivity index (χ1) is 7.61. The summed E-state index contributed by atoms with van der Waals surface area (Å²) in [6.45, 7) is 2.15. The molecule has 86 valence electrons. The second kappa shape index (κ2) is 5.19. The van der Waals surface area contributed by atoms with E-state index in [1.54, 1.807) is 11.3 Å². The molecule has 2 heterocycles. The summed E-state index contributed by atoms with van der Waals surface area (Å²) in [5, 5.41) is 0. The van der Waals surface area contributed by atoms with E-state index in [9.17, 15) is 0 Å². The number of nitrogens with two attached hydrogens (primary N) is 1. The third-order valence-corrected chi connectivity index (χ3v) is 6.18. The summed E-state index contributed by atoms with van der Waals surface area (Å²) in [5.41, 5.74) is 6.21. The molecule has 0 fully saturated rings. The molecule has 0 saturated carbocycles. The molecule has 16 heavy (non-hydrogen) atoms. The van der Waals surface area contributed by atoms with Gasteiger partial charge in [0.15, 0.2) is 0 Å². The van der Waals surface area contributed by atoms with Crippen molar-refractivity contribution in [2.45, 2.75) is 19.4 Å². The smallest absolute Gasteiger partial charge is 0.107 e. The molecule has 0 aromatic carbocycles. The van der Waals surface area contributed by atoms with E-state index in [-0.39, 0.29) is 6.04 Å². The van der Waals surface area contributed by atoms with Gasteiger partial charge in [-0.3, -0.25) is 0 Å². The van der Waals surface area contributed by atoms with Gasteiger partial charge in [0.1, 0.15) is 4.34 Å². The first-order valence-electron chi connectivity index (χ1n) is 4.90. The Morgan fingerprint density at radius 1 is 1.38 bits per heavy atom. The molecule has 5 heteroatoms. The van der Waals surface area contributed by atoms with Crippen molar-refractivity contribution in [1.29, 1.82) is 0 Å². The number of aryl methyl sites for hydroxylation is 1. The van der Waals surface area contributed by atoms with Crippen molar-refractivity contribution >= 4 is 50.2 Å². The van der Waals surface area contributed by atoms with Gasteiger partial charge in [0.25, 0.3) is 0 Å². The third-order valence-electron chi connectivity index (χ3n) is 2.31. The predicted octanol–water partition coefficient (Wildman–Crippen LogP) is 4.84. The highest BCUT2D eigenvalue weighted by Gasteiger charge is 2.15. The van der Waals surface area contributed by atoms with E-state index >= 15 is 0 Å². The molecule has 0 aliphatic heterocycles. The van der Waals surface area contributed by atoms with Crippen molar-refractivity contribution in [2.75, 3.05) is 0 Å². The number of thiophene rings is 2. The van der Waals surface area contributed by atoms with E-state index in [0.717, 1.165) is 20.1 Å². The maximum Gasteiger partial charge on any atom is 0.107 e. The minimum atomic E-state index is -0.0564. The second-order valence-electron chi connectivity index (χ2n) is 3.41. The van der Waals surface area contributed by atoms with E-state index in [0.29, 0.717) is 0 Å². The minimum Gasteiger partial charge on any atom is -0.319 e. The van der Waals surface area contributed by atoms with Crippen molar-refractivity contribution in [1.82, 2.24) is 0 Å². The molecule has 2 rings (SSSR count). The topological polar surface area (TPSA) is 26.0 Å². The Morgan fingerprint density at radius 2 is 2.12 bits per heavy atom. The van der Waals surface area contributed by atoms with Gasteiger partial charge in [-0.05, 0) is 40.5 Å². The lowest BCUT2D eigenvalue weighted by Crippen LogP contribution is -2.07. The molecule has 1 atom stereocenters. The SMILES string of the molecule is CCc1ccc(C(N)c2cc(Br)c(Cl)s2)s1. The monoisotopic (exact) mass is 335 g/mol. The molecule has 0 radical (unpaired) electrons. The van der Waals surface area contributed by atoms with Crippen LogP contribution in [0.25, 0.3) is 0 Å². The van der Waals surface area contributed by atoms with Crippen molar-refractivity contribution in [3.63, 3.8) is 0 Å². The van der Waals surface area contributed by atoms with Crippen LogP contribution in [-0.2, 0) is 6.42 Å². The van der Waals surface area contributed by atoms with Crippen LogP contribution in [-0.4, -0.2) is 0 Å². The third kappa shape index (κ3) is 2.51. The van der Waals surface area contributed by atoms with Crippen LogP contribution in [0.15, 0.2) is 22.7 Å². The number of halogens is 2. The van der Waals surface area contributed by atoms with Gasteiger partial charge in [-0.2, -0.15) is 0 Å². The van der Waals surface area contributed by atoms with E-state index < -0.39 is 0 Å². The maximum absolute atomic E-state index is 6.21. The molecule has 0 bridgehead atoms. The zero-order valence-electron chi connectivity index (χ0n) is 8.67. The van der Waals surface area contributed by atoms with E-state index in [2.05, 4.69) is 35.0 Å². The van der Waals surface area contributed by atoms with Crippen LogP contribution in [0.5, 0.6) is 0 Å². The molecule has 0 spiro atoms. The molecular formula is C11H11BrClNS2. The Kier molecular flexibility index (Phi) is 4.08. The van der Waals surface area contributed by atoms with Gasteiger partial charge in [0.2, 0.25) is 0 Å². The lowest BCUT2D eigenvalue weighted by molar-refractivity contribution is 0.917. The Hall–Kier alpha value is 0.130. The van der Waals surface area contributed by atoms with Crippen molar-refractivity contribution in [3.05, 3.63) is 41.6 Å². The summed E-state index contributed by atoms with van der Waals surface area (Å²) in [6, 6.07) is 6.20. The summed E-state index contributed by atoms with van der Waals surface area (Å²) < 4.78 is 1.69. The van der Waals surface area contributed by atoms with Gasteiger partial charge in [-0.25, -0.2) is 0 Å². The van der Waals surface area contributed by atoms with Crippen LogP contribution in [0.1, 0.15) is 27.6 Å². The van der Waals surface area contributed by atoms with Gasteiger partial charge < -0.3 is 5.73 Å². The van der Waals surface area contributed by atoms with Crippen LogP contribution in [0.3, 0.4) is 0 Å². The molecule has 2 aromatic rings. The Labute approximate surface area is 116 Å². The minimum absolute atomic E-state index is 0.0564. The lowest BCUT2D eigenvalue weighted by atomic mass is 10.2. The molecule has 0 aliphatic rings. The fourth-order valence-electron chi connectivity index (χ4n) is 1.41. The summed E-state index contributed by atoms with van der Waals surface area (Å²) in [4.78, 5) is 3.66. The fourth-order valence-corrected chi connectivity index (χ4v) is 4.21. The molecular weight excluding hydrogens is 326 g/mol. The molecule has 1 unspecified atom stereocenters. The fraction of sp³-hybridized carbons (Fsp3) is 0.273. The van der Waals surface area contributed by atoms with Gasteiger partial charge in [-0.1, -0.05) is 18.5 Å². The molecule has 1 nitrogen and oxygen atoms in total. The number of hydrogen-bond acceptors (Lipinski definition) is 3. The molecule has 0 amide bonds. The zero-order chi connectivity index (χ0) is 11.7. The second-order valence-corrected chi connectivity index (χ2v) is 7.15. The average molecular weight is 337 g/mol. The van der Waals surface area contributed by atoms with Crippen LogP contribution in [0, 0.1) is 0 Å². The number of hydrogen-bond donors (Lipinski definition) is 1. The molecule has 2 aromatic heterocycles. The number of rotatable bonds is 3.